The Kier molecular flexibility index (Phi) is 5.92. The molecule has 1 heterocycles. The standard InChI is InChI=1S/C18H36N2/c1-4-7-11-14-20-16-17(5-2,6-3)19-15-18(20)12-9-8-10-13-18/h19H,4-16H2,1-3H3. The largest absolute Gasteiger partial charge is 0.308 e. The van der Waals surface area contributed by atoms with Crippen LogP contribution in [0.5, 0.6) is 0 Å². The Balaban J connectivity index is 2.07. The monoisotopic (exact) mass is 280 g/mol. The molecule has 0 aromatic rings. The first kappa shape index (κ1) is 16.3. The van der Waals surface area contributed by atoms with Crippen LogP contribution in [-0.2, 0) is 0 Å². The van der Waals surface area contributed by atoms with Gasteiger partial charge < -0.3 is 5.32 Å². The molecule has 0 aromatic heterocycles. The minimum absolute atomic E-state index is 0.384. The Labute approximate surface area is 126 Å². The summed E-state index contributed by atoms with van der Waals surface area (Å²) in [7, 11) is 0. The van der Waals surface area contributed by atoms with Gasteiger partial charge in [0.25, 0.3) is 0 Å². The lowest BCUT2D eigenvalue weighted by Gasteiger charge is -2.56. The summed E-state index contributed by atoms with van der Waals surface area (Å²) in [5.74, 6) is 0. The molecule has 2 aliphatic rings. The molecule has 1 saturated heterocycles. The number of piperazine rings is 1. The van der Waals surface area contributed by atoms with Crippen LogP contribution in [-0.4, -0.2) is 35.6 Å². The van der Waals surface area contributed by atoms with E-state index in [0.717, 1.165) is 0 Å². The predicted octanol–water partition coefficient (Wildman–Crippen LogP) is 4.34. The van der Waals surface area contributed by atoms with Crippen molar-refractivity contribution in [1.29, 1.82) is 0 Å². The molecule has 2 nitrogen and oxygen atoms in total. The summed E-state index contributed by atoms with van der Waals surface area (Å²) in [5, 5.41) is 3.97. The summed E-state index contributed by atoms with van der Waals surface area (Å²) in [6.45, 7) is 10.9. The number of hydrogen-bond donors (Lipinski definition) is 1. The van der Waals surface area contributed by atoms with Crippen molar-refractivity contribution in [2.45, 2.75) is 96.1 Å². The summed E-state index contributed by atoms with van der Waals surface area (Å²) >= 11 is 0. The summed E-state index contributed by atoms with van der Waals surface area (Å²) in [6.07, 6.45) is 13.9. The van der Waals surface area contributed by atoms with Gasteiger partial charge in [0.1, 0.15) is 0 Å². The van der Waals surface area contributed by atoms with Crippen LogP contribution in [0.2, 0.25) is 0 Å². The molecule has 20 heavy (non-hydrogen) atoms. The first-order valence-corrected chi connectivity index (χ1v) is 9.20. The molecular weight excluding hydrogens is 244 g/mol. The maximum absolute atomic E-state index is 3.97. The van der Waals surface area contributed by atoms with E-state index in [0.29, 0.717) is 11.1 Å². The smallest absolute Gasteiger partial charge is 0.0334 e. The van der Waals surface area contributed by atoms with E-state index >= 15 is 0 Å². The highest BCUT2D eigenvalue weighted by Crippen LogP contribution is 2.38. The molecule has 1 aliphatic carbocycles. The van der Waals surface area contributed by atoms with Crippen LogP contribution in [0.25, 0.3) is 0 Å². The lowest BCUT2D eigenvalue weighted by molar-refractivity contribution is -0.0226. The number of nitrogens with one attached hydrogen (secondary N) is 1. The van der Waals surface area contributed by atoms with Crippen molar-refractivity contribution < 1.29 is 0 Å². The fourth-order valence-corrected chi connectivity index (χ4v) is 4.35. The highest BCUT2D eigenvalue weighted by molar-refractivity contribution is 5.05. The van der Waals surface area contributed by atoms with Crippen molar-refractivity contribution in [2.24, 2.45) is 0 Å². The lowest BCUT2D eigenvalue weighted by atomic mass is 9.75. The Hall–Kier alpha value is -0.0800. The number of hydrogen-bond acceptors (Lipinski definition) is 2. The van der Waals surface area contributed by atoms with Gasteiger partial charge in [0, 0.05) is 24.2 Å². The average Bonchev–Trinajstić information content (AvgIpc) is 2.51. The van der Waals surface area contributed by atoms with Gasteiger partial charge in [0.2, 0.25) is 0 Å². The van der Waals surface area contributed by atoms with Crippen molar-refractivity contribution in [2.75, 3.05) is 19.6 Å². The molecule has 118 valence electrons. The molecular formula is C18H36N2. The molecule has 0 bridgehead atoms. The third-order valence-corrected chi connectivity index (χ3v) is 6.13. The summed E-state index contributed by atoms with van der Waals surface area (Å²) in [6, 6.07) is 0. The van der Waals surface area contributed by atoms with E-state index in [-0.39, 0.29) is 0 Å². The van der Waals surface area contributed by atoms with Crippen molar-refractivity contribution in [3.63, 3.8) is 0 Å². The van der Waals surface area contributed by atoms with Crippen molar-refractivity contribution in [3.05, 3.63) is 0 Å². The van der Waals surface area contributed by atoms with E-state index in [1.807, 2.05) is 0 Å². The van der Waals surface area contributed by atoms with Gasteiger partial charge in [-0.2, -0.15) is 0 Å². The van der Waals surface area contributed by atoms with E-state index in [2.05, 4.69) is 31.0 Å². The summed E-state index contributed by atoms with van der Waals surface area (Å²) < 4.78 is 0. The normalized spacial score (nSPS) is 25.9. The van der Waals surface area contributed by atoms with Crippen LogP contribution in [0.3, 0.4) is 0 Å². The summed E-state index contributed by atoms with van der Waals surface area (Å²) in [4.78, 5) is 2.91. The van der Waals surface area contributed by atoms with E-state index in [1.165, 1.54) is 83.8 Å². The van der Waals surface area contributed by atoms with Crippen molar-refractivity contribution in [1.82, 2.24) is 10.2 Å². The maximum Gasteiger partial charge on any atom is 0.0334 e. The third kappa shape index (κ3) is 3.39. The molecule has 1 spiro atoms. The predicted molar refractivity (Wildman–Crippen MR) is 88.2 cm³/mol. The Bertz CT molecular complexity index is 277. The van der Waals surface area contributed by atoms with Gasteiger partial charge in [-0.3, -0.25) is 4.90 Å². The topological polar surface area (TPSA) is 15.3 Å². The highest BCUT2D eigenvalue weighted by Gasteiger charge is 2.45. The number of nitrogens with zero attached hydrogens (tertiary/aromatic N) is 1. The SMILES string of the molecule is CCCCCN1CC(CC)(CC)NCC12CCCCC2. The molecule has 2 heteroatoms. The molecule has 1 aliphatic heterocycles. The Morgan fingerprint density at radius 2 is 1.65 bits per heavy atom. The van der Waals surface area contributed by atoms with Gasteiger partial charge in [-0.15, -0.1) is 0 Å². The van der Waals surface area contributed by atoms with Crippen molar-refractivity contribution >= 4 is 0 Å². The van der Waals surface area contributed by atoms with Gasteiger partial charge in [0.05, 0.1) is 0 Å². The van der Waals surface area contributed by atoms with Crippen LogP contribution in [0, 0.1) is 0 Å². The Morgan fingerprint density at radius 1 is 0.950 bits per heavy atom. The van der Waals surface area contributed by atoms with Gasteiger partial charge in [-0.05, 0) is 38.6 Å². The molecule has 0 unspecified atom stereocenters. The fraction of sp³-hybridized carbons (Fsp3) is 1.00. The second-order valence-electron chi connectivity index (χ2n) is 7.25. The average molecular weight is 280 g/mol. The van der Waals surface area contributed by atoms with Crippen LogP contribution < -0.4 is 5.32 Å². The zero-order chi connectivity index (χ0) is 14.5. The van der Waals surface area contributed by atoms with E-state index < -0.39 is 0 Å². The quantitative estimate of drug-likeness (QED) is 0.728. The minimum Gasteiger partial charge on any atom is -0.308 e. The maximum atomic E-state index is 3.97. The van der Waals surface area contributed by atoms with E-state index in [4.69, 9.17) is 0 Å². The van der Waals surface area contributed by atoms with E-state index in [9.17, 15) is 0 Å². The Morgan fingerprint density at radius 3 is 2.25 bits per heavy atom. The number of unbranched alkanes of at least 4 members (excludes halogenated alkanes) is 2. The zero-order valence-electron chi connectivity index (χ0n) is 14.1. The van der Waals surface area contributed by atoms with Gasteiger partial charge in [0.15, 0.2) is 0 Å². The van der Waals surface area contributed by atoms with Gasteiger partial charge in [-0.25, -0.2) is 0 Å². The highest BCUT2D eigenvalue weighted by atomic mass is 15.3. The van der Waals surface area contributed by atoms with Crippen LogP contribution in [0.15, 0.2) is 0 Å². The zero-order valence-corrected chi connectivity index (χ0v) is 14.1. The van der Waals surface area contributed by atoms with Crippen LogP contribution >= 0.6 is 0 Å². The molecule has 0 atom stereocenters. The van der Waals surface area contributed by atoms with Crippen LogP contribution in [0.1, 0.15) is 85.0 Å². The first-order chi connectivity index (χ1) is 9.70. The first-order valence-electron chi connectivity index (χ1n) is 9.20. The second kappa shape index (κ2) is 7.26. The second-order valence-corrected chi connectivity index (χ2v) is 7.25. The number of rotatable bonds is 6. The van der Waals surface area contributed by atoms with Crippen LogP contribution in [0.4, 0.5) is 0 Å². The fourth-order valence-electron chi connectivity index (χ4n) is 4.35. The third-order valence-electron chi connectivity index (χ3n) is 6.13. The molecule has 1 saturated carbocycles. The summed E-state index contributed by atoms with van der Waals surface area (Å²) in [5.41, 5.74) is 0.884. The van der Waals surface area contributed by atoms with Crippen molar-refractivity contribution in [3.8, 4) is 0 Å². The van der Waals surface area contributed by atoms with Gasteiger partial charge >= 0.3 is 0 Å². The molecule has 0 amide bonds. The minimum atomic E-state index is 0.384. The molecule has 2 rings (SSSR count). The molecule has 0 radical (unpaired) electrons. The molecule has 0 aromatic carbocycles. The van der Waals surface area contributed by atoms with Gasteiger partial charge in [-0.1, -0.05) is 52.9 Å². The van der Waals surface area contributed by atoms with E-state index in [1.54, 1.807) is 0 Å². The molecule has 2 fully saturated rings. The lowest BCUT2D eigenvalue weighted by Crippen LogP contribution is -2.70. The molecule has 1 N–H and O–H groups in total.